The summed E-state index contributed by atoms with van der Waals surface area (Å²) in [6.07, 6.45) is -0.729. The zero-order chi connectivity index (χ0) is 22.9. The molecule has 2 heterocycles. The number of aromatic nitrogens is 1. The number of aryl methyl sites for hydroxylation is 1. The normalized spacial score (nSPS) is 15.9. The summed E-state index contributed by atoms with van der Waals surface area (Å²) >= 11 is 12.1. The zero-order valence-electron chi connectivity index (χ0n) is 17.9. The molecule has 1 atom stereocenters. The Balaban J connectivity index is 1.19. The number of cyclic esters (lactones) is 1. The first kappa shape index (κ1) is 21.7. The number of rotatable bonds is 7. The van der Waals surface area contributed by atoms with Gasteiger partial charge in [0.15, 0.2) is 6.10 Å². The van der Waals surface area contributed by atoms with Gasteiger partial charge >= 0.3 is 6.09 Å². The first-order valence-electron chi connectivity index (χ1n) is 10.7. The third-order valence-electron chi connectivity index (χ3n) is 5.70. The van der Waals surface area contributed by atoms with Crippen molar-refractivity contribution in [2.45, 2.75) is 13.0 Å². The lowest BCUT2D eigenvalue weighted by molar-refractivity contribution is 0.103. The molecule has 1 amide bonds. The molecule has 1 saturated heterocycles. The summed E-state index contributed by atoms with van der Waals surface area (Å²) in [5.41, 5.74) is 2.94. The topological polar surface area (TPSA) is 63.8 Å². The molecule has 4 aromatic rings. The molecule has 8 heteroatoms. The molecule has 170 valence electrons. The summed E-state index contributed by atoms with van der Waals surface area (Å²) in [5.74, 6) is 1.40. The number of aromatic amines is 1. The second-order valence-corrected chi connectivity index (χ2v) is 8.81. The number of nitrogens with zero attached hydrogens (tertiary/aromatic N) is 1. The van der Waals surface area contributed by atoms with E-state index in [0.29, 0.717) is 35.5 Å². The quantitative estimate of drug-likeness (QED) is 0.338. The summed E-state index contributed by atoms with van der Waals surface area (Å²) in [6.45, 7) is 3.31. The van der Waals surface area contributed by atoms with Crippen molar-refractivity contribution in [1.29, 1.82) is 0 Å². The van der Waals surface area contributed by atoms with Gasteiger partial charge in [-0.25, -0.2) is 4.79 Å². The van der Waals surface area contributed by atoms with E-state index in [0.717, 1.165) is 33.1 Å². The maximum Gasteiger partial charge on any atom is 0.410 e. The fourth-order valence-electron chi connectivity index (χ4n) is 4.06. The molecular weight excluding hydrogens is 463 g/mol. The van der Waals surface area contributed by atoms with E-state index in [1.54, 1.807) is 17.0 Å². The first-order valence-corrected chi connectivity index (χ1v) is 11.4. The van der Waals surface area contributed by atoms with Gasteiger partial charge < -0.3 is 24.1 Å². The van der Waals surface area contributed by atoms with Crippen molar-refractivity contribution in [2.75, 3.05) is 26.3 Å². The molecule has 0 saturated carbocycles. The van der Waals surface area contributed by atoms with Crippen LogP contribution in [-0.2, 0) is 4.74 Å². The molecule has 0 aliphatic carbocycles. The van der Waals surface area contributed by atoms with E-state index in [1.807, 2.05) is 43.3 Å². The Morgan fingerprint density at radius 3 is 2.70 bits per heavy atom. The summed E-state index contributed by atoms with van der Waals surface area (Å²) in [4.78, 5) is 17.3. The second-order valence-electron chi connectivity index (χ2n) is 7.99. The number of amides is 1. The van der Waals surface area contributed by atoms with E-state index in [1.165, 1.54) is 0 Å². The maximum absolute atomic E-state index is 12.3. The number of carbonyl (C=O) groups is 1. The summed E-state index contributed by atoms with van der Waals surface area (Å²) in [6, 6.07) is 17.4. The fraction of sp³-hybridized carbons (Fsp3) is 0.240. The van der Waals surface area contributed by atoms with Gasteiger partial charge in [-0.2, -0.15) is 0 Å². The molecule has 1 aromatic heterocycles. The van der Waals surface area contributed by atoms with Crippen LogP contribution in [0.15, 0.2) is 54.6 Å². The molecule has 1 N–H and O–H groups in total. The highest BCUT2D eigenvalue weighted by atomic mass is 35.5. The standard InChI is InChI=1S/C25H22Cl2N2O4/c1-15-11-18(26)19(27)12-23(15)31-10-9-29-13-16(33-25(29)30)14-32-22-8-4-7-21-24(22)17-5-2-3-6-20(17)28-21/h2-8,11-12,16,28H,9-10,13-14H2,1H3. The van der Waals surface area contributed by atoms with Crippen molar-refractivity contribution in [3.8, 4) is 11.5 Å². The van der Waals surface area contributed by atoms with Crippen molar-refractivity contribution < 1.29 is 19.0 Å². The molecule has 0 bridgehead atoms. The van der Waals surface area contributed by atoms with Crippen LogP contribution in [0.5, 0.6) is 11.5 Å². The lowest BCUT2D eigenvalue weighted by atomic mass is 10.1. The SMILES string of the molecule is Cc1cc(Cl)c(Cl)cc1OCCN1CC(COc2cccc3[nH]c4ccccc4c23)OC1=O. The molecule has 0 spiro atoms. The third kappa shape index (κ3) is 4.41. The number of hydrogen-bond acceptors (Lipinski definition) is 4. The Labute approximate surface area is 200 Å². The highest BCUT2D eigenvalue weighted by molar-refractivity contribution is 6.42. The van der Waals surface area contributed by atoms with Crippen LogP contribution in [0.1, 0.15) is 5.56 Å². The predicted molar refractivity (Wildman–Crippen MR) is 130 cm³/mol. The van der Waals surface area contributed by atoms with Crippen LogP contribution < -0.4 is 9.47 Å². The Kier molecular flexibility index (Phi) is 5.96. The third-order valence-corrected chi connectivity index (χ3v) is 6.43. The number of halogens is 2. The molecule has 1 unspecified atom stereocenters. The highest BCUT2D eigenvalue weighted by Crippen LogP contribution is 2.33. The van der Waals surface area contributed by atoms with Crippen molar-refractivity contribution in [3.63, 3.8) is 0 Å². The summed E-state index contributed by atoms with van der Waals surface area (Å²) in [7, 11) is 0. The van der Waals surface area contributed by atoms with Crippen LogP contribution in [0.25, 0.3) is 21.8 Å². The number of benzene rings is 3. The molecule has 6 nitrogen and oxygen atoms in total. The number of fused-ring (bicyclic) bond motifs is 3. The van der Waals surface area contributed by atoms with E-state index < -0.39 is 0 Å². The van der Waals surface area contributed by atoms with Crippen LogP contribution in [0.4, 0.5) is 4.79 Å². The summed E-state index contributed by atoms with van der Waals surface area (Å²) < 4.78 is 17.4. The smallest absolute Gasteiger partial charge is 0.410 e. The van der Waals surface area contributed by atoms with Crippen LogP contribution in [0.3, 0.4) is 0 Å². The molecule has 3 aromatic carbocycles. The molecule has 1 fully saturated rings. The van der Waals surface area contributed by atoms with Crippen LogP contribution in [-0.4, -0.2) is 48.4 Å². The Morgan fingerprint density at radius 2 is 1.82 bits per heavy atom. The number of ether oxygens (including phenoxy) is 3. The van der Waals surface area contributed by atoms with E-state index in [9.17, 15) is 4.79 Å². The van der Waals surface area contributed by atoms with Gasteiger partial charge in [-0.1, -0.05) is 47.5 Å². The maximum atomic E-state index is 12.3. The van der Waals surface area contributed by atoms with Gasteiger partial charge in [-0.15, -0.1) is 0 Å². The van der Waals surface area contributed by atoms with Crippen LogP contribution >= 0.6 is 23.2 Å². The molecule has 1 aliphatic rings. The van der Waals surface area contributed by atoms with Gasteiger partial charge in [-0.3, -0.25) is 0 Å². The van der Waals surface area contributed by atoms with Crippen molar-refractivity contribution in [1.82, 2.24) is 9.88 Å². The molecular formula is C25H22Cl2N2O4. The Bertz CT molecular complexity index is 1340. The minimum atomic E-state index is -0.372. The number of hydrogen-bond donors (Lipinski definition) is 1. The lowest BCUT2D eigenvalue weighted by Crippen LogP contribution is -2.30. The van der Waals surface area contributed by atoms with Gasteiger partial charge in [0.25, 0.3) is 0 Å². The minimum absolute atomic E-state index is 0.271. The van der Waals surface area contributed by atoms with Crippen molar-refractivity contribution >= 4 is 51.1 Å². The molecule has 0 radical (unpaired) electrons. The highest BCUT2D eigenvalue weighted by Gasteiger charge is 2.31. The number of carbonyl (C=O) groups excluding carboxylic acids is 1. The van der Waals surface area contributed by atoms with E-state index >= 15 is 0 Å². The van der Waals surface area contributed by atoms with Gasteiger partial charge in [-0.05, 0) is 36.8 Å². The monoisotopic (exact) mass is 484 g/mol. The van der Waals surface area contributed by atoms with Gasteiger partial charge in [0.2, 0.25) is 0 Å². The van der Waals surface area contributed by atoms with Crippen LogP contribution in [0.2, 0.25) is 10.0 Å². The molecule has 5 rings (SSSR count). The van der Waals surface area contributed by atoms with E-state index in [2.05, 4.69) is 11.1 Å². The average molecular weight is 485 g/mol. The van der Waals surface area contributed by atoms with Gasteiger partial charge in [0.1, 0.15) is 24.7 Å². The predicted octanol–water partition coefficient (Wildman–Crippen LogP) is 6.21. The van der Waals surface area contributed by atoms with E-state index in [-0.39, 0.29) is 18.8 Å². The number of para-hydroxylation sites is 1. The number of H-pyrrole nitrogens is 1. The first-order chi connectivity index (χ1) is 16.0. The Hall–Kier alpha value is -3.09. The zero-order valence-corrected chi connectivity index (χ0v) is 19.4. The average Bonchev–Trinajstić information content (AvgIpc) is 3.36. The largest absolute Gasteiger partial charge is 0.491 e. The second kappa shape index (κ2) is 9.04. The Morgan fingerprint density at radius 1 is 1.03 bits per heavy atom. The van der Waals surface area contributed by atoms with E-state index in [4.69, 9.17) is 37.4 Å². The summed E-state index contributed by atoms with van der Waals surface area (Å²) in [5, 5.41) is 3.04. The fourth-order valence-corrected chi connectivity index (χ4v) is 4.44. The van der Waals surface area contributed by atoms with Crippen molar-refractivity contribution in [2.24, 2.45) is 0 Å². The van der Waals surface area contributed by atoms with Gasteiger partial charge in [0.05, 0.1) is 28.7 Å². The number of nitrogens with one attached hydrogen (secondary N) is 1. The minimum Gasteiger partial charge on any atom is -0.491 e. The lowest BCUT2D eigenvalue weighted by Gasteiger charge is -2.15. The molecule has 1 aliphatic heterocycles. The van der Waals surface area contributed by atoms with Crippen molar-refractivity contribution in [3.05, 3.63) is 70.2 Å². The molecule has 33 heavy (non-hydrogen) atoms. The van der Waals surface area contributed by atoms with Gasteiger partial charge in [0, 0.05) is 22.4 Å². The van der Waals surface area contributed by atoms with Crippen LogP contribution in [0, 0.1) is 6.92 Å².